The Morgan fingerprint density at radius 1 is 0.809 bits per heavy atom. The zero-order valence-electron chi connectivity index (χ0n) is 25.9. The van der Waals surface area contributed by atoms with Crippen LogP contribution < -0.4 is 15.1 Å². The second kappa shape index (κ2) is 10.8. The van der Waals surface area contributed by atoms with E-state index in [1.54, 1.807) is 12.1 Å². The van der Waals surface area contributed by atoms with E-state index in [4.69, 9.17) is 9.97 Å². The summed E-state index contributed by atoms with van der Waals surface area (Å²) in [4.78, 5) is 67.6. The number of hydrogen-bond acceptors (Lipinski definition) is 9. The van der Waals surface area contributed by atoms with Crippen LogP contribution in [-0.4, -0.2) is 104 Å². The van der Waals surface area contributed by atoms with Crippen LogP contribution in [0, 0.1) is 5.92 Å². The molecule has 2 unspecified atom stereocenters. The summed E-state index contributed by atoms with van der Waals surface area (Å²) in [6.07, 6.45) is 6.61. The number of imide groups is 2. The number of nitrogens with one attached hydrogen (secondary N) is 1. The fraction of sp³-hybridized carbons (Fsp3) is 0.412. The van der Waals surface area contributed by atoms with Crippen molar-refractivity contribution >= 4 is 52.1 Å². The molecule has 0 aliphatic carbocycles. The Kier molecular flexibility index (Phi) is 6.46. The third-order valence-corrected chi connectivity index (χ3v) is 10.7. The molecule has 2 aromatic carbocycles. The molecule has 5 fully saturated rings. The third-order valence-electron chi connectivity index (χ3n) is 10.7. The predicted molar refractivity (Wildman–Crippen MR) is 173 cm³/mol. The monoisotopic (exact) mass is 633 g/mol. The average Bonchev–Trinajstić information content (AvgIpc) is 3.58. The van der Waals surface area contributed by atoms with E-state index in [1.807, 2.05) is 24.3 Å². The van der Waals surface area contributed by atoms with E-state index in [0.29, 0.717) is 23.6 Å². The first-order valence-electron chi connectivity index (χ1n) is 16.5. The number of hydrogen-bond donors (Lipinski definition) is 1. The summed E-state index contributed by atoms with van der Waals surface area (Å²) in [5.41, 5.74) is 3.55. The molecule has 2 aromatic heterocycles. The number of anilines is 2. The predicted octanol–water partition coefficient (Wildman–Crippen LogP) is 2.91. The van der Waals surface area contributed by atoms with Crippen LogP contribution in [0.5, 0.6) is 0 Å². The van der Waals surface area contributed by atoms with Crippen molar-refractivity contribution in [2.24, 2.45) is 5.92 Å². The molecule has 2 bridgehead atoms. The number of benzene rings is 2. The normalized spacial score (nSPS) is 23.8. The highest BCUT2D eigenvalue weighted by Crippen LogP contribution is 2.37. The summed E-state index contributed by atoms with van der Waals surface area (Å²) in [5, 5.41) is 4.10. The Morgan fingerprint density at radius 3 is 2.43 bits per heavy atom. The van der Waals surface area contributed by atoms with Crippen molar-refractivity contribution in [3.63, 3.8) is 0 Å². The zero-order valence-corrected chi connectivity index (χ0v) is 25.9. The Morgan fingerprint density at radius 2 is 1.62 bits per heavy atom. The molecule has 1 N–H and O–H groups in total. The van der Waals surface area contributed by atoms with Gasteiger partial charge in [-0.1, -0.05) is 12.1 Å². The van der Waals surface area contributed by atoms with E-state index in [-0.39, 0.29) is 18.5 Å². The fourth-order valence-electron chi connectivity index (χ4n) is 8.21. The Hall–Kier alpha value is -5.04. The number of hydrazine groups is 1. The van der Waals surface area contributed by atoms with Gasteiger partial charge in [0, 0.05) is 63.1 Å². The van der Waals surface area contributed by atoms with Crippen molar-refractivity contribution in [2.75, 3.05) is 49.1 Å². The van der Waals surface area contributed by atoms with Gasteiger partial charge in [0.2, 0.25) is 11.7 Å². The van der Waals surface area contributed by atoms with Crippen LogP contribution in [0.25, 0.3) is 16.8 Å². The Bertz CT molecular complexity index is 1970. The number of aromatic nitrogens is 3. The average molecular weight is 634 g/mol. The van der Waals surface area contributed by atoms with Gasteiger partial charge in [0.05, 0.1) is 28.7 Å². The van der Waals surface area contributed by atoms with E-state index in [9.17, 15) is 19.2 Å². The summed E-state index contributed by atoms with van der Waals surface area (Å²) in [6, 6.07) is 15.7. The number of piperidine rings is 3. The largest absolute Gasteiger partial charge is 0.366 e. The van der Waals surface area contributed by atoms with Crippen LogP contribution in [0.15, 0.2) is 54.7 Å². The van der Waals surface area contributed by atoms with E-state index in [1.165, 1.54) is 0 Å². The smallest absolute Gasteiger partial charge is 0.343 e. The molecule has 8 heterocycles. The number of nitrogens with zero attached hydrogens (tertiary/aromatic N) is 8. The van der Waals surface area contributed by atoms with Crippen molar-refractivity contribution in [3.8, 4) is 0 Å². The highest BCUT2D eigenvalue weighted by Gasteiger charge is 2.45. The van der Waals surface area contributed by atoms with E-state index < -0.39 is 23.8 Å². The van der Waals surface area contributed by atoms with Gasteiger partial charge in [-0.05, 0) is 68.0 Å². The summed E-state index contributed by atoms with van der Waals surface area (Å²) in [7, 11) is 0. The van der Waals surface area contributed by atoms with Crippen LogP contribution in [0.4, 0.5) is 16.3 Å². The summed E-state index contributed by atoms with van der Waals surface area (Å²) < 4.78 is 2.05. The maximum atomic E-state index is 13.4. The van der Waals surface area contributed by atoms with E-state index >= 15 is 0 Å². The second-order valence-corrected chi connectivity index (χ2v) is 13.4. The molecule has 240 valence electrons. The summed E-state index contributed by atoms with van der Waals surface area (Å²) in [5.74, 6) is 0.882. The molecular weight excluding hydrogens is 598 g/mol. The molecule has 0 spiro atoms. The van der Waals surface area contributed by atoms with Crippen molar-refractivity contribution in [1.82, 2.24) is 34.6 Å². The molecule has 13 heteroatoms. The van der Waals surface area contributed by atoms with Gasteiger partial charge in [0.15, 0.2) is 0 Å². The molecule has 5 amide bonds. The van der Waals surface area contributed by atoms with Crippen LogP contribution in [0.1, 0.15) is 52.8 Å². The topological polar surface area (TPSA) is 127 Å². The fourth-order valence-corrected chi connectivity index (χ4v) is 8.21. The number of rotatable bonds is 5. The number of urea groups is 1. The van der Waals surface area contributed by atoms with Crippen molar-refractivity contribution in [1.29, 1.82) is 0 Å². The van der Waals surface area contributed by atoms with Gasteiger partial charge in [0.1, 0.15) is 5.82 Å². The van der Waals surface area contributed by atoms with Crippen LogP contribution >= 0.6 is 0 Å². The zero-order chi connectivity index (χ0) is 31.8. The number of carbonyl (C=O) groups excluding carboxylic acids is 4. The Balaban J connectivity index is 0.837. The van der Waals surface area contributed by atoms with E-state index in [2.05, 4.69) is 42.7 Å². The molecule has 10 rings (SSSR count). The minimum atomic E-state index is -0.753. The lowest BCUT2D eigenvalue weighted by Gasteiger charge is -2.53. The molecule has 2 atom stereocenters. The summed E-state index contributed by atoms with van der Waals surface area (Å²) in [6.45, 7) is 4.91. The first kappa shape index (κ1) is 28.2. The summed E-state index contributed by atoms with van der Waals surface area (Å²) >= 11 is 0. The first-order valence-corrected chi connectivity index (χ1v) is 16.5. The molecule has 6 aliphatic rings. The molecular formula is C34H35N9O4. The lowest BCUT2D eigenvalue weighted by molar-refractivity contribution is -0.122. The number of para-hydroxylation sites is 2. The quantitative estimate of drug-likeness (QED) is 0.330. The number of fused-ring (bicyclic) bond motifs is 7. The molecule has 0 radical (unpaired) electrons. The minimum Gasteiger partial charge on any atom is -0.366 e. The number of carbonyl (C=O) groups is 4. The van der Waals surface area contributed by atoms with E-state index in [0.717, 1.165) is 96.7 Å². The molecule has 5 saturated heterocycles. The van der Waals surface area contributed by atoms with Gasteiger partial charge in [-0.2, -0.15) is 9.99 Å². The number of amides is 5. The van der Waals surface area contributed by atoms with Crippen molar-refractivity contribution < 1.29 is 19.2 Å². The maximum Gasteiger partial charge on any atom is 0.343 e. The van der Waals surface area contributed by atoms with Gasteiger partial charge >= 0.3 is 6.03 Å². The first-order chi connectivity index (χ1) is 22.9. The van der Waals surface area contributed by atoms with Crippen LogP contribution in [0.3, 0.4) is 0 Å². The number of piperazine rings is 1. The van der Waals surface area contributed by atoms with Gasteiger partial charge in [-0.25, -0.2) is 14.8 Å². The van der Waals surface area contributed by atoms with Crippen molar-refractivity contribution in [3.05, 3.63) is 65.9 Å². The molecule has 0 saturated carbocycles. The lowest BCUT2D eigenvalue weighted by atomic mass is 9.87. The highest BCUT2D eigenvalue weighted by atomic mass is 16.2. The van der Waals surface area contributed by atoms with Gasteiger partial charge < -0.3 is 9.80 Å². The second-order valence-electron chi connectivity index (χ2n) is 13.4. The van der Waals surface area contributed by atoms with Gasteiger partial charge in [-0.3, -0.25) is 29.0 Å². The van der Waals surface area contributed by atoms with Gasteiger partial charge in [-0.15, -0.1) is 0 Å². The SMILES string of the molecule is O=C1CCN(N2C(=O)c3ccc(N4CC5CCC4CN5CC4CCN(c5ccn6c(n5)nc5ccccc56)CC4)cc3C2=O)C(=O)N1. The highest BCUT2D eigenvalue weighted by molar-refractivity contribution is 6.22. The van der Waals surface area contributed by atoms with Crippen LogP contribution in [-0.2, 0) is 4.79 Å². The molecule has 4 aromatic rings. The number of imidazole rings is 1. The lowest BCUT2D eigenvalue weighted by Crippen LogP contribution is -2.63. The molecule has 13 nitrogen and oxygen atoms in total. The maximum absolute atomic E-state index is 13.4. The molecule has 47 heavy (non-hydrogen) atoms. The van der Waals surface area contributed by atoms with Gasteiger partial charge in [0.25, 0.3) is 11.8 Å². The van der Waals surface area contributed by atoms with Crippen molar-refractivity contribution in [2.45, 2.75) is 44.2 Å². The standard InChI is InChI=1S/C34H35N9O4/c44-30-12-16-42(34(47)37-30)43-31(45)25-8-7-22(17-26(25)32(43)46)41-20-23-5-6-24(41)19-39(23)18-21-9-13-38(14-10-21)29-11-15-40-28-4-2-1-3-27(28)35-33(40)36-29/h1-4,7-8,11,15,17,21,23-24H,5-6,9-10,12-14,16,18-20H2,(H,37,44,47). The minimum absolute atomic E-state index is 0.0106. The molecule has 6 aliphatic heterocycles. The third kappa shape index (κ3) is 4.62. The van der Waals surface area contributed by atoms with Crippen LogP contribution in [0.2, 0.25) is 0 Å². The Labute approximate surface area is 270 Å².